The molecule has 0 bridgehead atoms. The summed E-state index contributed by atoms with van der Waals surface area (Å²) in [6, 6.07) is 15.0. The van der Waals surface area contributed by atoms with E-state index in [0.717, 1.165) is 15.2 Å². The molecule has 0 aliphatic rings. The second kappa shape index (κ2) is 7.76. The number of aromatic nitrogens is 1. The first-order chi connectivity index (χ1) is 12.2. The Labute approximate surface area is 149 Å². The lowest BCUT2D eigenvalue weighted by Crippen LogP contribution is -2.25. The van der Waals surface area contributed by atoms with Gasteiger partial charge in [0.25, 0.3) is 5.91 Å². The van der Waals surface area contributed by atoms with Gasteiger partial charge in [-0.05, 0) is 31.2 Å². The summed E-state index contributed by atoms with van der Waals surface area (Å²) >= 11 is 1.53. The van der Waals surface area contributed by atoms with Gasteiger partial charge in [-0.2, -0.15) is 5.10 Å². The first-order valence-electron chi connectivity index (χ1n) is 7.62. The third-order valence-corrected chi connectivity index (χ3v) is 4.52. The number of hydrogen-bond donors (Lipinski definition) is 1. The topological polar surface area (TPSA) is 72.8 Å². The fourth-order valence-corrected chi connectivity index (χ4v) is 3.05. The minimum absolute atomic E-state index is 0.156. The number of carbonyl (C=O) groups is 1. The van der Waals surface area contributed by atoms with Gasteiger partial charge in [0.05, 0.1) is 23.0 Å². The Morgan fingerprint density at radius 2 is 1.88 bits per heavy atom. The molecule has 0 saturated heterocycles. The maximum atomic E-state index is 11.9. The zero-order valence-corrected chi connectivity index (χ0v) is 14.7. The van der Waals surface area contributed by atoms with E-state index in [1.54, 1.807) is 26.2 Å². The van der Waals surface area contributed by atoms with Crippen LogP contribution in [-0.4, -0.2) is 30.3 Å². The van der Waals surface area contributed by atoms with Crippen LogP contribution in [0.2, 0.25) is 0 Å². The maximum absolute atomic E-state index is 11.9. The number of fused-ring (bicyclic) bond motifs is 1. The minimum Gasteiger partial charge on any atom is -0.493 e. The molecular weight excluding hydrogens is 338 g/mol. The van der Waals surface area contributed by atoms with Crippen LogP contribution in [0.5, 0.6) is 11.5 Å². The molecule has 1 amide bonds. The molecule has 1 aromatic heterocycles. The molecule has 0 saturated carbocycles. The number of nitrogens with one attached hydrogen (secondary N) is 1. The zero-order valence-electron chi connectivity index (χ0n) is 13.9. The summed E-state index contributed by atoms with van der Waals surface area (Å²) in [6.07, 6.45) is 0. The first-order valence-corrected chi connectivity index (χ1v) is 8.44. The number of carbonyl (C=O) groups excluding carboxylic acids is 1. The third kappa shape index (κ3) is 4.13. The number of hydrogen-bond acceptors (Lipinski definition) is 6. The average molecular weight is 355 g/mol. The highest BCUT2D eigenvalue weighted by Crippen LogP contribution is 2.25. The van der Waals surface area contributed by atoms with Gasteiger partial charge in [-0.25, -0.2) is 10.4 Å². The van der Waals surface area contributed by atoms with Crippen molar-refractivity contribution in [3.63, 3.8) is 0 Å². The van der Waals surface area contributed by atoms with Crippen LogP contribution in [-0.2, 0) is 4.79 Å². The summed E-state index contributed by atoms with van der Waals surface area (Å²) in [5, 5.41) is 4.87. The molecule has 3 rings (SSSR count). The van der Waals surface area contributed by atoms with Crippen molar-refractivity contribution in [2.75, 3.05) is 13.7 Å². The molecule has 0 atom stereocenters. The first kappa shape index (κ1) is 16.9. The molecule has 0 radical (unpaired) electrons. The van der Waals surface area contributed by atoms with Crippen molar-refractivity contribution in [2.24, 2.45) is 5.10 Å². The number of rotatable bonds is 6. The Balaban J connectivity index is 1.60. The molecule has 2 aromatic carbocycles. The highest BCUT2D eigenvalue weighted by atomic mass is 32.1. The van der Waals surface area contributed by atoms with Crippen molar-refractivity contribution in [3.8, 4) is 11.5 Å². The van der Waals surface area contributed by atoms with E-state index in [0.29, 0.717) is 17.2 Å². The summed E-state index contributed by atoms with van der Waals surface area (Å²) in [5.74, 6) is 0.725. The Kier molecular flexibility index (Phi) is 5.25. The lowest BCUT2D eigenvalue weighted by Gasteiger charge is -2.09. The second-order valence-corrected chi connectivity index (χ2v) is 6.19. The minimum atomic E-state index is -0.355. The van der Waals surface area contributed by atoms with Gasteiger partial charge in [0.1, 0.15) is 5.01 Å². The summed E-state index contributed by atoms with van der Waals surface area (Å²) in [4.78, 5) is 16.4. The molecule has 128 valence electrons. The molecule has 0 fully saturated rings. The number of ether oxygens (including phenoxy) is 2. The van der Waals surface area contributed by atoms with Gasteiger partial charge in [-0.15, -0.1) is 11.3 Å². The number of para-hydroxylation sites is 3. The van der Waals surface area contributed by atoms with Gasteiger partial charge in [-0.1, -0.05) is 24.3 Å². The number of nitrogens with zero attached hydrogens (tertiary/aromatic N) is 2. The third-order valence-electron chi connectivity index (χ3n) is 3.38. The number of benzene rings is 2. The van der Waals surface area contributed by atoms with E-state index in [-0.39, 0.29) is 12.5 Å². The predicted molar refractivity (Wildman–Crippen MR) is 98.5 cm³/mol. The normalized spacial score (nSPS) is 11.4. The number of amides is 1. The van der Waals surface area contributed by atoms with Gasteiger partial charge in [0.2, 0.25) is 0 Å². The van der Waals surface area contributed by atoms with Crippen molar-refractivity contribution in [1.29, 1.82) is 0 Å². The van der Waals surface area contributed by atoms with Crippen LogP contribution in [0.15, 0.2) is 53.6 Å². The van der Waals surface area contributed by atoms with Crippen LogP contribution < -0.4 is 14.9 Å². The van der Waals surface area contributed by atoms with Crippen LogP contribution in [0, 0.1) is 0 Å². The highest BCUT2D eigenvalue weighted by molar-refractivity contribution is 7.20. The SMILES string of the molecule is COc1ccccc1OCC(=O)N/N=C(/C)c1nc2ccccc2s1. The number of hydrazone groups is 1. The van der Waals surface area contributed by atoms with Crippen LogP contribution in [0.25, 0.3) is 10.2 Å². The van der Waals surface area contributed by atoms with E-state index in [4.69, 9.17) is 9.47 Å². The fourth-order valence-electron chi connectivity index (χ4n) is 2.13. The van der Waals surface area contributed by atoms with E-state index in [1.807, 2.05) is 36.4 Å². The summed E-state index contributed by atoms with van der Waals surface area (Å²) in [7, 11) is 1.55. The summed E-state index contributed by atoms with van der Waals surface area (Å²) in [6.45, 7) is 1.65. The molecular formula is C18H17N3O3S. The molecule has 0 spiro atoms. The predicted octanol–water partition coefficient (Wildman–Crippen LogP) is 3.22. The standard InChI is InChI=1S/C18H17N3O3S/c1-12(18-19-13-7-3-6-10-16(13)25-18)20-21-17(22)11-24-15-9-5-4-8-14(15)23-2/h3-10H,11H2,1-2H3,(H,21,22)/b20-12-. The van der Waals surface area contributed by atoms with E-state index in [2.05, 4.69) is 15.5 Å². The Morgan fingerprint density at radius 1 is 1.16 bits per heavy atom. The number of thiazole rings is 1. The zero-order chi connectivity index (χ0) is 17.6. The van der Waals surface area contributed by atoms with E-state index < -0.39 is 0 Å². The monoisotopic (exact) mass is 355 g/mol. The Hall–Kier alpha value is -2.93. The average Bonchev–Trinajstić information content (AvgIpc) is 3.09. The van der Waals surface area contributed by atoms with Crippen molar-refractivity contribution < 1.29 is 14.3 Å². The molecule has 0 aliphatic carbocycles. The molecule has 7 heteroatoms. The van der Waals surface area contributed by atoms with E-state index in [1.165, 1.54) is 11.3 Å². The molecule has 25 heavy (non-hydrogen) atoms. The van der Waals surface area contributed by atoms with Crippen molar-refractivity contribution >= 4 is 33.2 Å². The molecule has 6 nitrogen and oxygen atoms in total. The van der Waals surface area contributed by atoms with E-state index in [9.17, 15) is 4.79 Å². The van der Waals surface area contributed by atoms with E-state index >= 15 is 0 Å². The quantitative estimate of drug-likeness (QED) is 0.544. The lowest BCUT2D eigenvalue weighted by molar-refractivity contribution is -0.123. The summed E-state index contributed by atoms with van der Waals surface area (Å²) in [5.41, 5.74) is 4.05. The summed E-state index contributed by atoms with van der Waals surface area (Å²) < 4.78 is 11.7. The molecule has 1 N–H and O–H groups in total. The number of methoxy groups -OCH3 is 1. The van der Waals surface area contributed by atoms with Gasteiger partial charge >= 0.3 is 0 Å². The van der Waals surface area contributed by atoms with Gasteiger partial charge in [0.15, 0.2) is 18.1 Å². The smallest absolute Gasteiger partial charge is 0.277 e. The molecule has 3 aromatic rings. The van der Waals surface area contributed by atoms with Gasteiger partial charge < -0.3 is 9.47 Å². The lowest BCUT2D eigenvalue weighted by atomic mass is 10.3. The fraction of sp³-hybridized carbons (Fsp3) is 0.167. The second-order valence-electron chi connectivity index (χ2n) is 5.16. The molecule has 0 unspecified atom stereocenters. The van der Waals surface area contributed by atoms with Crippen LogP contribution in [0.1, 0.15) is 11.9 Å². The Bertz CT molecular complexity index is 888. The van der Waals surface area contributed by atoms with Crippen molar-refractivity contribution in [3.05, 3.63) is 53.5 Å². The maximum Gasteiger partial charge on any atom is 0.277 e. The molecule has 1 heterocycles. The van der Waals surface area contributed by atoms with Crippen LogP contribution in [0.4, 0.5) is 0 Å². The highest BCUT2D eigenvalue weighted by Gasteiger charge is 2.09. The Morgan fingerprint density at radius 3 is 2.64 bits per heavy atom. The largest absolute Gasteiger partial charge is 0.493 e. The molecule has 0 aliphatic heterocycles. The van der Waals surface area contributed by atoms with Crippen molar-refractivity contribution in [1.82, 2.24) is 10.4 Å². The van der Waals surface area contributed by atoms with Crippen LogP contribution in [0.3, 0.4) is 0 Å². The van der Waals surface area contributed by atoms with Crippen LogP contribution >= 0.6 is 11.3 Å². The van der Waals surface area contributed by atoms with Gasteiger partial charge in [-0.3, -0.25) is 4.79 Å². The van der Waals surface area contributed by atoms with Crippen molar-refractivity contribution in [2.45, 2.75) is 6.92 Å². The van der Waals surface area contributed by atoms with Gasteiger partial charge in [0, 0.05) is 0 Å².